The zero-order valence-corrected chi connectivity index (χ0v) is 20.6. The van der Waals surface area contributed by atoms with Crippen molar-refractivity contribution in [2.75, 3.05) is 44.2 Å². The van der Waals surface area contributed by atoms with Crippen molar-refractivity contribution >= 4 is 27.0 Å². The van der Waals surface area contributed by atoms with Gasteiger partial charge in [0, 0.05) is 57.8 Å². The summed E-state index contributed by atoms with van der Waals surface area (Å²) in [7, 11) is -3.59. The van der Waals surface area contributed by atoms with Gasteiger partial charge in [-0.1, -0.05) is 18.2 Å². The van der Waals surface area contributed by atoms with E-state index < -0.39 is 21.5 Å². The maximum absolute atomic E-state index is 13.7. The average Bonchev–Trinajstić information content (AvgIpc) is 3.31. The minimum atomic E-state index is -3.59. The van der Waals surface area contributed by atoms with Crippen LogP contribution in [0.15, 0.2) is 46.0 Å². The molecule has 4 rings (SSSR count). The Kier molecular flexibility index (Phi) is 6.85. The third-order valence-electron chi connectivity index (χ3n) is 6.50. The fourth-order valence-corrected chi connectivity index (χ4v) is 7.11. The number of rotatable bonds is 6. The van der Waals surface area contributed by atoms with Crippen LogP contribution in [0.1, 0.15) is 32.3 Å². The van der Waals surface area contributed by atoms with Crippen molar-refractivity contribution in [1.82, 2.24) is 9.21 Å². The molecule has 3 heterocycles. The minimum Gasteiger partial charge on any atom is -0.386 e. The number of piperidine rings is 1. The van der Waals surface area contributed by atoms with E-state index in [-0.39, 0.29) is 18.9 Å². The van der Waals surface area contributed by atoms with Gasteiger partial charge in [-0.15, -0.1) is 11.3 Å². The number of hydrogen-bond donors (Lipinski definition) is 1. The molecular formula is C23H31F2N3O3S2. The van der Waals surface area contributed by atoms with Gasteiger partial charge in [0.1, 0.15) is 4.21 Å². The number of thiophene rings is 1. The molecule has 10 heteroatoms. The van der Waals surface area contributed by atoms with E-state index in [1.165, 1.54) is 15.6 Å². The van der Waals surface area contributed by atoms with Crippen LogP contribution in [0, 0.1) is 0 Å². The van der Waals surface area contributed by atoms with Crippen molar-refractivity contribution in [2.45, 2.75) is 48.5 Å². The molecule has 0 bridgehead atoms. The summed E-state index contributed by atoms with van der Waals surface area (Å²) in [5.41, 5.74) is 0.772. The Morgan fingerprint density at radius 3 is 2.33 bits per heavy atom. The van der Waals surface area contributed by atoms with Gasteiger partial charge >= 0.3 is 0 Å². The van der Waals surface area contributed by atoms with Gasteiger partial charge in [-0.2, -0.15) is 4.31 Å². The van der Waals surface area contributed by atoms with E-state index in [9.17, 15) is 22.3 Å². The minimum absolute atomic E-state index is 0.169. The van der Waals surface area contributed by atoms with Gasteiger partial charge in [0.05, 0.1) is 11.6 Å². The first-order valence-electron chi connectivity index (χ1n) is 11.2. The van der Waals surface area contributed by atoms with Crippen molar-refractivity contribution < 1.29 is 22.3 Å². The van der Waals surface area contributed by atoms with Gasteiger partial charge in [-0.3, -0.25) is 0 Å². The smallest absolute Gasteiger partial charge is 0.252 e. The Balaban J connectivity index is 1.56. The topological polar surface area (TPSA) is 64.1 Å². The van der Waals surface area contributed by atoms with Crippen molar-refractivity contribution in [3.8, 4) is 0 Å². The first-order chi connectivity index (χ1) is 15.5. The summed E-state index contributed by atoms with van der Waals surface area (Å²) in [5.74, 6) is -2.62. The number of halogens is 2. The van der Waals surface area contributed by atoms with Gasteiger partial charge in [-0.25, -0.2) is 17.2 Å². The number of anilines is 1. The van der Waals surface area contributed by atoms with Crippen LogP contribution in [0.4, 0.5) is 14.5 Å². The van der Waals surface area contributed by atoms with E-state index in [2.05, 4.69) is 4.90 Å². The van der Waals surface area contributed by atoms with Crippen molar-refractivity contribution in [3.63, 3.8) is 0 Å². The van der Waals surface area contributed by atoms with Crippen LogP contribution in [0.3, 0.4) is 0 Å². The quantitative estimate of drug-likeness (QED) is 0.658. The maximum atomic E-state index is 13.7. The van der Waals surface area contributed by atoms with Gasteiger partial charge < -0.3 is 14.9 Å². The molecule has 1 atom stereocenters. The third-order valence-corrected chi connectivity index (χ3v) is 9.73. The predicted molar refractivity (Wildman–Crippen MR) is 127 cm³/mol. The number of likely N-dealkylation sites (tertiary alicyclic amines) is 1. The number of sulfonamides is 1. The molecule has 0 unspecified atom stereocenters. The fraction of sp³-hybridized carbons (Fsp3) is 0.565. The van der Waals surface area contributed by atoms with Crippen molar-refractivity contribution in [2.24, 2.45) is 0 Å². The highest BCUT2D eigenvalue weighted by atomic mass is 32.2. The van der Waals surface area contributed by atoms with Crippen LogP contribution in [-0.4, -0.2) is 74.0 Å². The Morgan fingerprint density at radius 2 is 1.76 bits per heavy atom. The van der Waals surface area contributed by atoms with Crippen LogP contribution in [0.5, 0.6) is 0 Å². The van der Waals surface area contributed by atoms with Crippen LogP contribution in [0.2, 0.25) is 0 Å². The zero-order chi connectivity index (χ0) is 23.9. The molecule has 1 aromatic carbocycles. The number of aliphatic hydroxyl groups is 1. The fourth-order valence-electron chi connectivity index (χ4n) is 4.50. The predicted octanol–water partition coefficient (Wildman–Crippen LogP) is 3.59. The number of nitrogens with zero attached hydrogens (tertiary/aromatic N) is 3. The molecule has 0 aliphatic carbocycles. The molecule has 0 amide bonds. The lowest BCUT2D eigenvalue weighted by molar-refractivity contribution is -0.0562. The molecule has 1 N–H and O–H groups in total. The van der Waals surface area contributed by atoms with E-state index in [1.54, 1.807) is 31.4 Å². The molecule has 2 aliphatic heterocycles. The van der Waals surface area contributed by atoms with Gasteiger partial charge in [0.25, 0.3) is 15.9 Å². The summed E-state index contributed by atoms with van der Waals surface area (Å²) < 4.78 is 55.5. The maximum Gasteiger partial charge on any atom is 0.252 e. The average molecular weight is 500 g/mol. The first kappa shape index (κ1) is 24.5. The van der Waals surface area contributed by atoms with E-state index in [4.69, 9.17) is 0 Å². The Labute approximate surface area is 198 Å². The molecule has 2 fully saturated rings. The normalized spacial score (nSPS) is 23.1. The number of piperazine rings is 1. The standard InChI is InChI=1S/C23H31F2N3O3S2/c1-22(2,29)18-5-7-19(8-6-18)28-14-13-27(33(30,31)21-4-3-15-32-21)17-20(28)16-26-11-9-23(24,25)10-12-26/h3-8,15,20,29H,9-14,16-17H2,1-2H3/t20-/m1/s1. The molecule has 2 aromatic rings. The Hall–Kier alpha value is -1.59. The van der Waals surface area contributed by atoms with E-state index in [0.29, 0.717) is 43.5 Å². The summed E-state index contributed by atoms with van der Waals surface area (Å²) in [6.45, 7) is 5.71. The van der Waals surface area contributed by atoms with Crippen LogP contribution in [0.25, 0.3) is 0 Å². The highest BCUT2D eigenvalue weighted by Crippen LogP contribution is 2.31. The van der Waals surface area contributed by atoms with Crippen LogP contribution < -0.4 is 4.90 Å². The van der Waals surface area contributed by atoms with E-state index >= 15 is 0 Å². The van der Waals surface area contributed by atoms with Crippen LogP contribution >= 0.6 is 11.3 Å². The molecule has 1 aromatic heterocycles. The van der Waals surface area contributed by atoms with Gasteiger partial charge in [0.15, 0.2) is 0 Å². The monoisotopic (exact) mass is 499 g/mol. The molecular weight excluding hydrogens is 468 g/mol. The zero-order valence-electron chi connectivity index (χ0n) is 19.0. The summed E-state index contributed by atoms with van der Waals surface area (Å²) in [6, 6.07) is 10.8. The molecule has 33 heavy (non-hydrogen) atoms. The first-order valence-corrected chi connectivity index (χ1v) is 13.5. The Morgan fingerprint density at radius 1 is 1.09 bits per heavy atom. The number of benzene rings is 1. The molecule has 0 radical (unpaired) electrons. The lowest BCUT2D eigenvalue weighted by Gasteiger charge is -2.45. The SMILES string of the molecule is CC(C)(O)c1ccc(N2CCN(S(=O)(=O)c3cccs3)C[C@H]2CN2CCC(F)(F)CC2)cc1. The molecule has 0 spiro atoms. The van der Waals surface area contributed by atoms with Crippen molar-refractivity contribution in [1.29, 1.82) is 0 Å². The summed E-state index contributed by atoms with van der Waals surface area (Å²) in [5, 5.41) is 12.0. The molecule has 2 saturated heterocycles. The molecule has 182 valence electrons. The molecule has 6 nitrogen and oxygen atoms in total. The van der Waals surface area contributed by atoms with Gasteiger partial charge in [-0.05, 0) is 43.0 Å². The second-order valence-corrected chi connectivity index (χ2v) is 12.5. The highest BCUT2D eigenvalue weighted by Gasteiger charge is 2.38. The number of alkyl halides is 2. The molecule has 0 saturated carbocycles. The van der Waals surface area contributed by atoms with Crippen LogP contribution in [-0.2, 0) is 15.6 Å². The number of hydrogen-bond acceptors (Lipinski definition) is 6. The van der Waals surface area contributed by atoms with E-state index in [0.717, 1.165) is 11.3 Å². The summed E-state index contributed by atoms with van der Waals surface area (Å²) >= 11 is 1.20. The molecule has 2 aliphatic rings. The van der Waals surface area contributed by atoms with Crippen molar-refractivity contribution in [3.05, 3.63) is 47.3 Å². The lowest BCUT2D eigenvalue weighted by atomic mass is 9.98. The summed E-state index contributed by atoms with van der Waals surface area (Å²) in [4.78, 5) is 4.18. The Bertz CT molecular complexity index is 1030. The van der Waals surface area contributed by atoms with Gasteiger partial charge in [0.2, 0.25) is 0 Å². The largest absolute Gasteiger partial charge is 0.386 e. The van der Waals surface area contributed by atoms with E-state index in [1.807, 2.05) is 29.2 Å². The highest BCUT2D eigenvalue weighted by molar-refractivity contribution is 7.91. The lowest BCUT2D eigenvalue weighted by Crippen LogP contribution is -2.59. The third kappa shape index (κ3) is 5.57. The second kappa shape index (κ2) is 9.22. The second-order valence-electron chi connectivity index (χ2n) is 9.40. The summed E-state index contributed by atoms with van der Waals surface area (Å²) in [6.07, 6.45) is -0.339.